The Balaban J connectivity index is 1.74. The number of hydrogen-bond donors (Lipinski definition) is 0. The smallest absolute Gasteiger partial charge is 0.255 e. The molecule has 1 amide bonds. The molecule has 2 aromatic heterocycles. The highest BCUT2D eigenvalue weighted by atomic mass is 35.5. The van der Waals surface area contributed by atoms with Crippen LogP contribution < -0.4 is 4.90 Å². The minimum atomic E-state index is -0.815. The summed E-state index contributed by atoms with van der Waals surface area (Å²) < 4.78 is 0.961. The van der Waals surface area contributed by atoms with Crippen LogP contribution in [0.4, 0.5) is 5.69 Å². The third-order valence-electron chi connectivity index (χ3n) is 3.61. The van der Waals surface area contributed by atoms with Gasteiger partial charge in [0.25, 0.3) is 5.91 Å². The number of aromatic nitrogens is 4. The van der Waals surface area contributed by atoms with Crippen molar-refractivity contribution in [2.45, 2.75) is 9.87 Å². The first-order valence-electron chi connectivity index (χ1n) is 7.52. The first-order valence-corrected chi connectivity index (χ1v) is 8.83. The first-order chi connectivity index (χ1) is 12.1. The van der Waals surface area contributed by atoms with Gasteiger partial charge in [-0.1, -0.05) is 47.6 Å². The van der Waals surface area contributed by atoms with Gasteiger partial charge in [-0.15, -0.1) is 10.2 Å². The molecule has 1 atom stereocenters. The summed E-state index contributed by atoms with van der Waals surface area (Å²) in [5.74, 6) is 0.399. The van der Waals surface area contributed by atoms with Crippen LogP contribution in [0.3, 0.4) is 0 Å². The second kappa shape index (κ2) is 7.67. The van der Waals surface area contributed by atoms with Crippen LogP contribution in [-0.4, -0.2) is 37.4 Å². The standard InChI is InChI=1S/C17H16ClN5OS/c1-22(12-8-4-3-5-9-12)16(24)14(18)25-17-21-20-15(23(17)2)13-10-6-7-11-19-13/h3-11,14H,1-2H3. The van der Waals surface area contributed by atoms with Gasteiger partial charge in [-0.25, -0.2) is 0 Å². The molecule has 0 aliphatic rings. The van der Waals surface area contributed by atoms with Gasteiger partial charge in [0, 0.05) is 26.0 Å². The van der Waals surface area contributed by atoms with Crippen LogP contribution in [0.5, 0.6) is 0 Å². The largest absolute Gasteiger partial charge is 0.313 e. The number of amides is 1. The predicted molar refractivity (Wildman–Crippen MR) is 99.6 cm³/mol. The fourth-order valence-corrected chi connectivity index (χ4v) is 3.37. The van der Waals surface area contributed by atoms with Crippen molar-refractivity contribution in [3.05, 3.63) is 54.7 Å². The lowest BCUT2D eigenvalue weighted by atomic mass is 10.3. The molecule has 2 heterocycles. The van der Waals surface area contributed by atoms with Crippen LogP contribution >= 0.6 is 23.4 Å². The van der Waals surface area contributed by atoms with Crippen molar-refractivity contribution in [3.63, 3.8) is 0 Å². The Hall–Kier alpha value is -2.38. The molecule has 3 rings (SSSR count). The number of thioether (sulfide) groups is 1. The Bertz CT molecular complexity index is 856. The third kappa shape index (κ3) is 3.83. The second-order valence-corrected chi connectivity index (χ2v) is 7.01. The number of halogens is 1. The summed E-state index contributed by atoms with van der Waals surface area (Å²) in [6, 6.07) is 14.9. The second-order valence-electron chi connectivity index (χ2n) is 5.25. The lowest BCUT2D eigenvalue weighted by molar-refractivity contribution is -0.116. The summed E-state index contributed by atoms with van der Waals surface area (Å²) in [6.07, 6.45) is 1.69. The van der Waals surface area contributed by atoms with Gasteiger partial charge < -0.3 is 9.47 Å². The van der Waals surface area contributed by atoms with Crippen molar-refractivity contribution in [2.24, 2.45) is 7.05 Å². The maximum absolute atomic E-state index is 12.5. The monoisotopic (exact) mass is 373 g/mol. The number of carbonyl (C=O) groups excluding carboxylic acids is 1. The van der Waals surface area contributed by atoms with Gasteiger partial charge in [0.1, 0.15) is 5.69 Å². The van der Waals surface area contributed by atoms with E-state index < -0.39 is 4.71 Å². The van der Waals surface area contributed by atoms with Crippen LogP contribution in [-0.2, 0) is 11.8 Å². The zero-order chi connectivity index (χ0) is 17.8. The summed E-state index contributed by atoms with van der Waals surface area (Å²) in [5, 5.41) is 8.83. The third-order valence-corrected chi connectivity index (χ3v) is 5.03. The molecule has 1 unspecified atom stereocenters. The van der Waals surface area contributed by atoms with E-state index in [1.165, 1.54) is 4.90 Å². The van der Waals surface area contributed by atoms with Crippen molar-refractivity contribution in [1.29, 1.82) is 0 Å². The molecule has 6 nitrogen and oxygen atoms in total. The van der Waals surface area contributed by atoms with Crippen molar-refractivity contribution >= 4 is 35.0 Å². The lowest BCUT2D eigenvalue weighted by Gasteiger charge is -2.19. The molecule has 0 bridgehead atoms. The molecule has 128 valence electrons. The number of para-hydroxylation sites is 1. The summed E-state index contributed by atoms with van der Waals surface area (Å²) in [7, 11) is 3.52. The zero-order valence-corrected chi connectivity index (χ0v) is 15.3. The van der Waals surface area contributed by atoms with Gasteiger partial charge in [-0.3, -0.25) is 9.78 Å². The molecular formula is C17H16ClN5OS. The van der Waals surface area contributed by atoms with E-state index in [0.29, 0.717) is 16.7 Å². The van der Waals surface area contributed by atoms with Crippen LogP contribution in [0.25, 0.3) is 11.5 Å². The Morgan fingerprint density at radius 1 is 1.16 bits per heavy atom. The van der Waals surface area contributed by atoms with Crippen molar-refractivity contribution in [3.8, 4) is 11.5 Å². The van der Waals surface area contributed by atoms with Crippen LogP contribution in [0.15, 0.2) is 59.9 Å². The molecule has 3 aromatic rings. The molecule has 0 fully saturated rings. The topological polar surface area (TPSA) is 63.9 Å². The summed E-state index contributed by atoms with van der Waals surface area (Å²) >= 11 is 7.47. The molecule has 0 saturated carbocycles. The first kappa shape index (κ1) is 17.4. The van der Waals surface area contributed by atoms with Gasteiger partial charge in [-0.05, 0) is 24.3 Å². The Morgan fingerprint density at radius 2 is 1.88 bits per heavy atom. The fraction of sp³-hybridized carbons (Fsp3) is 0.176. The predicted octanol–water partition coefficient (Wildman–Crippen LogP) is 3.20. The lowest BCUT2D eigenvalue weighted by Crippen LogP contribution is -2.32. The highest BCUT2D eigenvalue weighted by molar-refractivity contribution is 8.01. The molecular weight excluding hydrogens is 358 g/mol. The fourth-order valence-electron chi connectivity index (χ4n) is 2.21. The number of alkyl halides is 1. The summed E-state index contributed by atoms with van der Waals surface area (Å²) in [6.45, 7) is 0. The molecule has 8 heteroatoms. The van der Waals surface area contributed by atoms with E-state index in [0.717, 1.165) is 17.4 Å². The van der Waals surface area contributed by atoms with E-state index in [2.05, 4.69) is 15.2 Å². The quantitative estimate of drug-likeness (QED) is 0.507. The maximum atomic E-state index is 12.5. The van der Waals surface area contributed by atoms with Gasteiger partial charge in [0.15, 0.2) is 15.7 Å². The number of carbonyl (C=O) groups is 1. The van der Waals surface area contributed by atoms with E-state index in [-0.39, 0.29) is 5.91 Å². The van der Waals surface area contributed by atoms with Crippen molar-refractivity contribution < 1.29 is 4.79 Å². The Kier molecular flexibility index (Phi) is 5.35. The number of benzene rings is 1. The maximum Gasteiger partial charge on any atom is 0.255 e. The van der Waals surface area contributed by atoms with E-state index >= 15 is 0 Å². The van der Waals surface area contributed by atoms with Crippen molar-refractivity contribution in [2.75, 3.05) is 11.9 Å². The van der Waals surface area contributed by atoms with Crippen LogP contribution in [0.1, 0.15) is 0 Å². The van der Waals surface area contributed by atoms with E-state index in [4.69, 9.17) is 11.6 Å². The van der Waals surface area contributed by atoms with Crippen molar-refractivity contribution in [1.82, 2.24) is 19.7 Å². The van der Waals surface area contributed by atoms with E-state index in [1.807, 2.05) is 55.6 Å². The van der Waals surface area contributed by atoms with E-state index in [1.54, 1.807) is 17.8 Å². The number of nitrogens with zero attached hydrogens (tertiary/aromatic N) is 5. The molecule has 25 heavy (non-hydrogen) atoms. The normalized spacial score (nSPS) is 12.0. The molecule has 1 aromatic carbocycles. The molecule has 0 aliphatic heterocycles. The van der Waals surface area contributed by atoms with E-state index in [9.17, 15) is 4.79 Å². The number of hydrogen-bond acceptors (Lipinski definition) is 5. The van der Waals surface area contributed by atoms with Crippen LogP contribution in [0.2, 0.25) is 0 Å². The minimum absolute atomic E-state index is 0.222. The SMILES string of the molecule is CN(C(=O)C(Cl)Sc1nnc(-c2ccccn2)n1C)c1ccccc1. The van der Waals surface area contributed by atoms with Crippen LogP contribution in [0, 0.1) is 0 Å². The van der Waals surface area contributed by atoms with Gasteiger partial charge >= 0.3 is 0 Å². The molecule has 0 spiro atoms. The highest BCUT2D eigenvalue weighted by Gasteiger charge is 2.24. The molecule has 0 aliphatic carbocycles. The molecule has 0 saturated heterocycles. The number of rotatable bonds is 5. The highest BCUT2D eigenvalue weighted by Crippen LogP contribution is 2.29. The summed E-state index contributed by atoms with van der Waals surface area (Å²) in [4.78, 5) is 18.3. The van der Waals surface area contributed by atoms with Gasteiger partial charge in [0.05, 0.1) is 0 Å². The van der Waals surface area contributed by atoms with Gasteiger partial charge in [0.2, 0.25) is 0 Å². The Labute approximate surface area is 154 Å². The minimum Gasteiger partial charge on any atom is -0.313 e. The average Bonchev–Trinajstić information content (AvgIpc) is 3.02. The average molecular weight is 374 g/mol. The summed E-state index contributed by atoms with van der Waals surface area (Å²) in [5.41, 5.74) is 1.49. The Morgan fingerprint density at radius 3 is 2.56 bits per heavy atom. The number of pyridine rings is 1. The zero-order valence-electron chi connectivity index (χ0n) is 13.7. The molecule has 0 radical (unpaired) electrons. The molecule has 0 N–H and O–H groups in total. The van der Waals surface area contributed by atoms with Gasteiger partial charge in [-0.2, -0.15) is 0 Å². The number of anilines is 1.